The molecule has 0 amide bonds. The summed E-state index contributed by atoms with van der Waals surface area (Å²) in [4.78, 5) is 5.54. The van der Waals surface area contributed by atoms with Gasteiger partial charge in [-0.1, -0.05) is 45.0 Å². The van der Waals surface area contributed by atoms with E-state index < -0.39 is 0 Å². The smallest absolute Gasteiger partial charge is 0.180 e. The van der Waals surface area contributed by atoms with Gasteiger partial charge in [0.15, 0.2) is 5.13 Å². The molecule has 1 aromatic carbocycles. The first-order valence-corrected chi connectivity index (χ1v) is 6.53. The van der Waals surface area contributed by atoms with Gasteiger partial charge < -0.3 is 5.73 Å². The van der Waals surface area contributed by atoms with Crippen molar-refractivity contribution in [2.75, 3.05) is 5.73 Å². The standard InChI is InChI=1S/C14H18N2S/c1-9-12(16-13(15)17-9)10-5-7-11(8-6-10)14(2,3)4/h5-8H,1-4H3,(H2,15,16). The van der Waals surface area contributed by atoms with E-state index >= 15 is 0 Å². The van der Waals surface area contributed by atoms with Crippen molar-refractivity contribution in [3.8, 4) is 11.3 Å². The van der Waals surface area contributed by atoms with E-state index in [1.54, 1.807) is 11.3 Å². The summed E-state index contributed by atoms with van der Waals surface area (Å²) in [5.74, 6) is 0. The number of nitrogen functional groups attached to an aromatic ring is 1. The van der Waals surface area contributed by atoms with E-state index in [1.165, 1.54) is 10.4 Å². The predicted molar refractivity (Wildman–Crippen MR) is 75.4 cm³/mol. The molecule has 0 fully saturated rings. The maximum atomic E-state index is 5.72. The molecule has 1 aromatic heterocycles. The highest BCUT2D eigenvalue weighted by Gasteiger charge is 2.14. The van der Waals surface area contributed by atoms with E-state index in [1.807, 2.05) is 0 Å². The Balaban J connectivity index is 2.39. The first-order chi connectivity index (χ1) is 7.88. The molecule has 0 saturated heterocycles. The molecule has 2 N–H and O–H groups in total. The SMILES string of the molecule is Cc1sc(N)nc1-c1ccc(C(C)(C)C)cc1. The molecule has 3 heteroatoms. The van der Waals surface area contributed by atoms with Crippen LogP contribution in [-0.2, 0) is 5.41 Å². The molecule has 2 nitrogen and oxygen atoms in total. The van der Waals surface area contributed by atoms with Gasteiger partial charge in [-0.3, -0.25) is 0 Å². The number of rotatable bonds is 1. The Morgan fingerprint density at radius 2 is 1.71 bits per heavy atom. The molecule has 0 spiro atoms. The van der Waals surface area contributed by atoms with Crippen LogP contribution in [0.3, 0.4) is 0 Å². The zero-order valence-corrected chi connectivity index (χ0v) is 11.6. The lowest BCUT2D eigenvalue weighted by Gasteiger charge is -2.19. The summed E-state index contributed by atoms with van der Waals surface area (Å²) in [5, 5.41) is 0.636. The molecule has 0 unspecified atom stereocenters. The number of nitrogens with zero attached hydrogens (tertiary/aromatic N) is 1. The third-order valence-corrected chi connectivity index (χ3v) is 3.64. The Morgan fingerprint density at radius 3 is 2.12 bits per heavy atom. The lowest BCUT2D eigenvalue weighted by atomic mass is 9.86. The van der Waals surface area contributed by atoms with Crippen molar-refractivity contribution >= 4 is 16.5 Å². The van der Waals surface area contributed by atoms with E-state index in [4.69, 9.17) is 5.73 Å². The zero-order chi connectivity index (χ0) is 12.6. The van der Waals surface area contributed by atoms with Crippen LogP contribution >= 0.6 is 11.3 Å². The van der Waals surface area contributed by atoms with Crippen LogP contribution in [0.4, 0.5) is 5.13 Å². The van der Waals surface area contributed by atoms with Gasteiger partial charge in [0.25, 0.3) is 0 Å². The maximum Gasteiger partial charge on any atom is 0.180 e. The van der Waals surface area contributed by atoms with Gasteiger partial charge in [-0.2, -0.15) is 0 Å². The zero-order valence-electron chi connectivity index (χ0n) is 10.7. The van der Waals surface area contributed by atoms with Gasteiger partial charge >= 0.3 is 0 Å². The Labute approximate surface area is 107 Å². The minimum absolute atomic E-state index is 0.189. The Bertz CT molecular complexity index is 518. The molecular weight excluding hydrogens is 228 g/mol. The van der Waals surface area contributed by atoms with E-state index in [2.05, 4.69) is 56.9 Å². The van der Waals surface area contributed by atoms with Crippen LogP contribution in [0.15, 0.2) is 24.3 Å². The number of anilines is 1. The molecule has 90 valence electrons. The van der Waals surface area contributed by atoms with Crippen molar-refractivity contribution in [2.45, 2.75) is 33.1 Å². The summed E-state index contributed by atoms with van der Waals surface area (Å²) in [6, 6.07) is 8.60. The van der Waals surface area contributed by atoms with Crippen LogP contribution in [0.5, 0.6) is 0 Å². The molecule has 0 radical (unpaired) electrons. The monoisotopic (exact) mass is 246 g/mol. The fourth-order valence-electron chi connectivity index (χ4n) is 1.81. The molecule has 1 heterocycles. The first kappa shape index (κ1) is 12.1. The third kappa shape index (κ3) is 2.50. The molecule has 2 rings (SSSR count). The Kier molecular flexibility index (Phi) is 2.96. The van der Waals surface area contributed by atoms with Crippen molar-refractivity contribution in [3.63, 3.8) is 0 Å². The maximum absolute atomic E-state index is 5.72. The normalized spacial score (nSPS) is 11.8. The highest BCUT2D eigenvalue weighted by atomic mass is 32.1. The van der Waals surface area contributed by atoms with Crippen molar-refractivity contribution < 1.29 is 0 Å². The molecule has 0 atom stereocenters. The lowest BCUT2D eigenvalue weighted by Crippen LogP contribution is -2.10. The minimum atomic E-state index is 0.189. The Morgan fingerprint density at radius 1 is 1.12 bits per heavy atom. The fourth-order valence-corrected chi connectivity index (χ4v) is 2.52. The van der Waals surface area contributed by atoms with Crippen LogP contribution in [0, 0.1) is 6.92 Å². The topological polar surface area (TPSA) is 38.9 Å². The van der Waals surface area contributed by atoms with Gasteiger partial charge in [0, 0.05) is 10.4 Å². The lowest BCUT2D eigenvalue weighted by molar-refractivity contribution is 0.590. The second kappa shape index (κ2) is 4.15. The predicted octanol–water partition coefficient (Wildman–Crippen LogP) is 4.00. The molecule has 17 heavy (non-hydrogen) atoms. The highest BCUT2D eigenvalue weighted by molar-refractivity contribution is 7.15. The third-order valence-electron chi connectivity index (χ3n) is 2.84. The molecule has 0 saturated carbocycles. The summed E-state index contributed by atoms with van der Waals surface area (Å²) in [6.07, 6.45) is 0. The number of nitrogens with two attached hydrogens (primary N) is 1. The quantitative estimate of drug-likeness (QED) is 0.826. The van der Waals surface area contributed by atoms with Gasteiger partial charge in [0.2, 0.25) is 0 Å². The number of hydrogen-bond donors (Lipinski definition) is 1. The van der Waals surface area contributed by atoms with Crippen LogP contribution < -0.4 is 5.73 Å². The first-order valence-electron chi connectivity index (χ1n) is 5.72. The van der Waals surface area contributed by atoms with Crippen LogP contribution in [-0.4, -0.2) is 4.98 Å². The van der Waals surface area contributed by atoms with E-state index in [-0.39, 0.29) is 5.41 Å². The van der Waals surface area contributed by atoms with Gasteiger partial charge in [0.05, 0.1) is 5.69 Å². The molecule has 0 bridgehead atoms. The highest BCUT2D eigenvalue weighted by Crippen LogP contribution is 2.30. The number of benzene rings is 1. The number of aromatic nitrogens is 1. The minimum Gasteiger partial charge on any atom is -0.375 e. The second-order valence-electron chi connectivity index (χ2n) is 5.28. The Hall–Kier alpha value is -1.35. The average molecular weight is 246 g/mol. The van der Waals surface area contributed by atoms with Gasteiger partial charge in [0.1, 0.15) is 0 Å². The van der Waals surface area contributed by atoms with Crippen LogP contribution in [0.1, 0.15) is 31.2 Å². The van der Waals surface area contributed by atoms with Gasteiger partial charge in [-0.15, -0.1) is 11.3 Å². The van der Waals surface area contributed by atoms with Crippen LogP contribution in [0.25, 0.3) is 11.3 Å². The number of aryl methyl sites for hydroxylation is 1. The fraction of sp³-hybridized carbons (Fsp3) is 0.357. The second-order valence-corrected chi connectivity index (χ2v) is 6.52. The van der Waals surface area contributed by atoms with E-state index in [0.29, 0.717) is 5.13 Å². The summed E-state index contributed by atoms with van der Waals surface area (Å²) >= 11 is 1.54. The van der Waals surface area contributed by atoms with Gasteiger partial charge in [-0.05, 0) is 17.9 Å². The van der Waals surface area contributed by atoms with Crippen molar-refractivity contribution in [2.24, 2.45) is 0 Å². The summed E-state index contributed by atoms with van der Waals surface area (Å²) in [5.41, 5.74) is 9.40. The molecule has 2 aromatic rings. The average Bonchev–Trinajstić information content (AvgIpc) is 2.57. The van der Waals surface area contributed by atoms with E-state index in [9.17, 15) is 0 Å². The van der Waals surface area contributed by atoms with Crippen molar-refractivity contribution in [1.29, 1.82) is 0 Å². The van der Waals surface area contributed by atoms with Crippen LogP contribution in [0.2, 0.25) is 0 Å². The summed E-state index contributed by atoms with van der Waals surface area (Å²) < 4.78 is 0. The van der Waals surface area contributed by atoms with Crippen molar-refractivity contribution in [1.82, 2.24) is 4.98 Å². The molecular formula is C14H18N2S. The van der Waals surface area contributed by atoms with Gasteiger partial charge in [-0.25, -0.2) is 4.98 Å². The van der Waals surface area contributed by atoms with Crippen molar-refractivity contribution in [3.05, 3.63) is 34.7 Å². The largest absolute Gasteiger partial charge is 0.375 e. The van der Waals surface area contributed by atoms with E-state index in [0.717, 1.165) is 11.3 Å². The molecule has 0 aliphatic rings. The summed E-state index contributed by atoms with van der Waals surface area (Å²) in [6.45, 7) is 8.71. The molecule has 0 aliphatic heterocycles. The summed E-state index contributed by atoms with van der Waals surface area (Å²) in [7, 11) is 0. The number of hydrogen-bond acceptors (Lipinski definition) is 3. The number of thiazole rings is 1. The molecule has 0 aliphatic carbocycles.